The monoisotopic (exact) mass is 302 g/mol. The second kappa shape index (κ2) is 5.85. The fraction of sp³-hybridized carbons (Fsp3) is 0.294. The van der Waals surface area contributed by atoms with Crippen LogP contribution in [0.4, 0.5) is 10.1 Å². The molecular formula is C17H19FN2O2. The molecule has 116 valence electrons. The highest BCUT2D eigenvalue weighted by atomic mass is 19.1. The molecule has 2 aromatic rings. The molecule has 2 N–H and O–H groups in total. The van der Waals surface area contributed by atoms with Crippen molar-refractivity contribution in [3.05, 3.63) is 53.3 Å². The molecule has 0 fully saturated rings. The van der Waals surface area contributed by atoms with E-state index < -0.39 is 0 Å². The van der Waals surface area contributed by atoms with Gasteiger partial charge >= 0.3 is 0 Å². The van der Waals surface area contributed by atoms with E-state index in [-0.39, 0.29) is 11.9 Å². The lowest BCUT2D eigenvalue weighted by Gasteiger charge is -2.27. The molecule has 0 amide bonds. The lowest BCUT2D eigenvalue weighted by molar-refractivity contribution is 0.389. The highest BCUT2D eigenvalue weighted by molar-refractivity contribution is 5.60. The van der Waals surface area contributed by atoms with Crippen LogP contribution in [-0.4, -0.2) is 20.8 Å². The van der Waals surface area contributed by atoms with Gasteiger partial charge in [-0.25, -0.2) is 4.39 Å². The molecule has 0 spiro atoms. The summed E-state index contributed by atoms with van der Waals surface area (Å²) < 4.78 is 25.0. The normalized spacial score (nSPS) is 16.5. The van der Waals surface area contributed by atoms with Crippen LogP contribution in [0.25, 0.3) is 0 Å². The highest BCUT2D eigenvalue weighted by Gasteiger charge is 2.34. The number of hydrogen-bond donors (Lipinski definition) is 1. The van der Waals surface area contributed by atoms with Crippen molar-refractivity contribution in [2.24, 2.45) is 5.73 Å². The minimum atomic E-state index is -0.250. The number of rotatable bonds is 4. The number of hydrogen-bond acceptors (Lipinski definition) is 4. The van der Waals surface area contributed by atoms with E-state index in [1.807, 2.05) is 23.1 Å². The van der Waals surface area contributed by atoms with Crippen molar-refractivity contribution < 1.29 is 13.9 Å². The first kappa shape index (κ1) is 14.7. The molecule has 1 aliphatic rings. The van der Waals surface area contributed by atoms with Gasteiger partial charge in [0.25, 0.3) is 0 Å². The zero-order chi connectivity index (χ0) is 15.7. The van der Waals surface area contributed by atoms with Crippen LogP contribution in [-0.2, 0) is 6.54 Å². The summed E-state index contributed by atoms with van der Waals surface area (Å²) in [6.07, 6.45) is 0. The van der Waals surface area contributed by atoms with Crippen molar-refractivity contribution in [3.8, 4) is 11.5 Å². The molecule has 1 aliphatic heterocycles. The average molecular weight is 302 g/mol. The summed E-state index contributed by atoms with van der Waals surface area (Å²) in [6, 6.07) is 10.4. The average Bonchev–Trinajstić information content (AvgIpc) is 2.92. The van der Waals surface area contributed by atoms with E-state index in [9.17, 15) is 4.39 Å². The first-order valence-electron chi connectivity index (χ1n) is 7.15. The zero-order valence-corrected chi connectivity index (χ0v) is 12.7. The third-order valence-electron chi connectivity index (χ3n) is 4.09. The summed E-state index contributed by atoms with van der Waals surface area (Å²) in [5.74, 6) is 1.20. The lowest BCUT2D eigenvalue weighted by atomic mass is 10.0. The molecule has 2 aromatic carbocycles. The van der Waals surface area contributed by atoms with Gasteiger partial charge in [-0.2, -0.15) is 0 Å². The van der Waals surface area contributed by atoms with E-state index >= 15 is 0 Å². The van der Waals surface area contributed by atoms with Crippen LogP contribution in [0.3, 0.4) is 0 Å². The summed E-state index contributed by atoms with van der Waals surface area (Å²) in [5.41, 5.74) is 8.58. The third kappa shape index (κ3) is 2.27. The van der Waals surface area contributed by atoms with Crippen LogP contribution in [0, 0.1) is 5.82 Å². The van der Waals surface area contributed by atoms with E-state index in [2.05, 4.69) is 0 Å². The molecule has 0 bridgehead atoms. The molecule has 0 saturated carbocycles. The van der Waals surface area contributed by atoms with Gasteiger partial charge in [0, 0.05) is 24.7 Å². The summed E-state index contributed by atoms with van der Waals surface area (Å²) in [4.78, 5) is 1.97. The maximum Gasteiger partial charge on any atom is 0.146 e. The minimum Gasteiger partial charge on any atom is -0.497 e. The van der Waals surface area contributed by atoms with E-state index in [1.54, 1.807) is 26.4 Å². The van der Waals surface area contributed by atoms with Crippen molar-refractivity contribution in [2.45, 2.75) is 12.6 Å². The van der Waals surface area contributed by atoms with E-state index in [0.717, 1.165) is 22.6 Å². The van der Waals surface area contributed by atoms with Crippen LogP contribution in [0.15, 0.2) is 36.4 Å². The predicted octanol–water partition coefficient (Wildman–Crippen LogP) is 2.86. The van der Waals surface area contributed by atoms with Crippen molar-refractivity contribution in [3.63, 3.8) is 0 Å². The number of nitrogens with two attached hydrogens (primary N) is 1. The summed E-state index contributed by atoms with van der Waals surface area (Å²) in [7, 11) is 3.24. The standard InChI is InChI=1S/C17H19FN2O2/c1-21-12-7-11-10-20(14-6-4-3-5-13(14)18)15(9-19)17(11)16(8-12)22-2/h3-8,15H,9-10,19H2,1-2H3. The number of halogens is 1. The Hall–Kier alpha value is -2.27. The second-order valence-electron chi connectivity index (χ2n) is 5.23. The molecule has 5 heteroatoms. The molecule has 1 heterocycles. The van der Waals surface area contributed by atoms with E-state index in [1.165, 1.54) is 6.07 Å². The number of nitrogens with zero attached hydrogens (tertiary/aromatic N) is 1. The van der Waals surface area contributed by atoms with E-state index in [4.69, 9.17) is 15.2 Å². The van der Waals surface area contributed by atoms with Gasteiger partial charge in [-0.15, -0.1) is 0 Å². The highest BCUT2D eigenvalue weighted by Crippen LogP contribution is 2.44. The van der Waals surface area contributed by atoms with Crippen molar-refractivity contribution in [2.75, 3.05) is 25.7 Å². The van der Waals surface area contributed by atoms with Gasteiger partial charge in [-0.3, -0.25) is 0 Å². The van der Waals surface area contributed by atoms with Crippen molar-refractivity contribution in [1.82, 2.24) is 0 Å². The number of para-hydroxylation sites is 1. The topological polar surface area (TPSA) is 47.7 Å². The number of fused-ring (bicyclic) bond motifs is 1. The van der Waals surface area contributed by atoms with Gasteiger partial charge in [0.2, 0.25) is 0 Å². The van der Waals surface area contributed by atoms with Crippen molar-refractivity contribution in [1.29, 1.82) is 0 Å². The van der Waals surface area contributed by atoms with Gasteiger partial charge in [0.1, 0.15) is 17.3 Å². The zero-order valence-electron chi connectivity index (χ0n) is 12.7. The van der Waals surface area contributed by atoms with Crippen LogP contribution < -0.4 is 20.1 Å². The SMILES string of the molecule is COc1cc2c(c(OC)c1)C(CN)N(c1ccccc1F)C2. The first-order chi connectivity index (χ1) is 10.7. The molecule has 4 nitrogen and oxygen atoms in total. The van der Waals surface area contributed by atoms with Crippen LogP contribution in [0.1, 0.15) is 17.2 Å². The maximum absolute atomic E-state index is 14.2. The smallest absolute Gasteiger partial charge is 0.146 e. The lowest BCUT2D eigenvalue weighted by Crippen LogP contribution is -2.28. The molecule has 0 saturated heterocycles. The van der Waals surface area contributed by atoms with Crippen molar-refractivity contribution >= 4 is 5.69 Å². The Morgan fingerprint density at radius 2 is 2.00 bits per heavy atom. The Bertz CT molecular complexity index is 690. The van der Waals surface area contributed by atoms with Gasteiger partial charge in [-0.1, -0.05) is 12.1 Å². The van der Waals surface area contributed by atoms with Gasteiger partial charge < -0.3 is 20.1 Å². The number of ether oxygens (including phenoxy) is 2. The molecule has 0 aromatic heterocycles. The fourth-order valence-corrected chi connectivity index (χ4v) is 3.08. The summed E-state index contributed by atoms with van der Waals surface area (Å²) >= 11 is 0. The molecule has 1 unspecified atom stereocenters. The third-order valence-corrected chi connectivity index (χ3v) is 4.09. The molecule has 1 atom stereocenters. The van der Waals surface area contributed by atoms with Gasteiger partial charge in [0.15, 0.2) is 0 Å². The van der Waals surface area contributed by atoms with Crippen LogP contribution in [0.5, 0.6) is 11.5 Å². The number of anilines is 1. The quantitative estimate of drug-likeness (QED) is 0.943. The molecule has 3 rings (SSSR count). The summed E-state index contributed by atoms with van der Waals surface area (Å²) in [6.45, 7) is 0.954. The Labute approximate surface area is 129 Å². The predicted molar refractivity (Wildman–Crippen MR) is 83.9 cm³/mol. The first-order valence-corrected chi connectivity index (χ1v) is 7.15. The van der Waals surface area contributed by atoms with Gasteiger partial charge in [-0.05, 0) is 23.8 Å². The molecular weight excluding hydrogens is 283 g/mol. The Morgan fingerprint density at radius 1 is 1.23 bits per heavy atom. The fourth-order valence-electron chi connectivity index (χ4n) is 3.08. The molecule has 0 aliphatic carbocycles. The number of benzene rings is 2. The Kier molecular flexibility index (Phi) is 3.90. The van der Waals surface area contributed by atoms with Gasteiger partial charge in [0.05, 0.1) is 25.9 Å². The molecule has 22 heavy (non-hydrogen) atoms. The second-order valence-corrected chi connectivity index (χ2v) is 5.23. The van der Waals surface area contributed by atoms with Crippen LogP contribution in [0.2, 0.25) is 0 Å². The number of methoxy groups -OCH3 is 2. The molecule has 0 radical (unpaired) electrons. The van der Waals surface area contributed by atoms with Crippen LogP contribution >= 0.6 is 0 Å². The summed E-state index contributed by atoms with van der Waals surface area (Å²) in [5, 5.41) is 0. The minimum absolute atomic E-state index is 0.118. The van der Waals surface area contributed by atoms with E-state index in [0.29, 0.717) is 18.8 Å². The maximum atomic E-state index is 14.2. The Balaban J connectivity index is 2.10. The largest absolute Gasteiger partial charge is 0.497 e. The Morgan fingerprint density at radius 3 is 2.64 bits per heavy atom.